The molecule has 2 rings (SSSR count). The number of para-hydroxylation sites is 1. The Kier molecular flexibility index (Phi) is 5.33. The van der Waals surface area contributed by atoms with Gasteiger partial charge in [-0.3, -0.25) is 0 Å². The van der Waals surface area contributed by atoms with E-state index in [1.165, 1.54) is 0 Å². The molecule has 0 N–H and O–H groups in total. The summed E-state index contributed by atoms with van der Waals surface area (Å²) in [6, 6.07) is 16.9. The molecule has 0 bridgehead atoms. The zero-order valence-corrected chi connectivity index (χ0v) is 12.0. The van der Waals surface area contributed by atoms with Crippen LogP contribution in [-0.4, -0.2) is 19.2 Å². The highest BCUT2D eigenvalue weighted by molar-refractivity contribution is 5.81. The molecule has 0 heterocycles. The third-order valence-corrected chi connectivity index (χ3v) is 2.96. The van der Waals surface area contributed by atoms with Gasteiger partial charge in [-0.2, -0.15) is 5.26 Å². The molecule has 110 valence electrons. The van der Waals surface area contributed by atoms with Gasteiger partial charge in [-0.15, -0.1) is 0 Å². The molecule has 0 aliphatic rings. The molecule has 0 atom stereocenters. The van der Waals surface area contributed by atoms with E-state index in [9.17, 15) is 4.79 Å². The fraction of sp³-hybridized carbons (Fsp3) is 0.111. The van der Waals surface area contributed by atoms with Crippen molar-refractivity contribution in [2.75, 3.05) is 13.2 Å². The Labute approximate surface area is 129 Å². The second-order valence-electron chi connectivity index (χ2n) is 4.41. The second-order valence-corrected chi connectivity index (χ2v) is 4.41. The number of nitriles is 1. The minimum absolute atomic E-state index is 0.159. The Bertz CT molecular complexity index is 699. The van der Waals surface area contributed by atoms with Crippen molar-refractivity contribution in [3.8, 4) is 22.9 Å². The monoisotopic (exact) mass is 293 g/mol. The number of esters is 1. The van der Waals surface area contributed by atoms with Gasteiger partial charge in [0.05, 0.1) is 11.6 Å². The average molecular weight is 293 g/mol. The van der Waals surface area contributed by atoms with E-state index in [0.29, 0.717) is 11.3 Å². The zero-order chi connectivity index (χ0) is 15.8. The largest absolute Gasteiger partial charge is 0.489 e. The van der Waals surface area contributed by atoms with E-state index in [-0.39, 0.29) is 13.2 Å². The quantitative estimate of drug-likeness (QED) is 0.465. The first kappa shape index (κ1) is 15.3. The van der Waals surface area contributed by atoms with Crippen LogP contribution in [0.25, 0.3) is 11.1 Å². The molecule has 4 heteroatoms. The fourth-order valence-corrected chi connectivity index (χ4v) is 1.91. The van der Waals surface area contributed by atoms with Gasteiger partial charge in [-0.25, -0.2) is 4.79 Å². The Balaban J connectivity index is 2.07. The van der Waals surface area contributed by atoms with Crippen LogP contribution >= 0.6 is 0 Å². The molecule has 2 aromatic carbocycles. The Morgan fingerprint density at radius 3 is 2.55 bits per heavy atom. The molecule has 0 fully saturated rings. The van der Waals surface area contributed by atoms with Gasteiger partial charge in [0.15, 0.2) is 0 Å². The van der Waals surface area contributed by atoms with Crippen molar-refractivity contribution in [2.24, 2.45) is 0 Å². The SMILES string of the molecule is C=CC(=O)OCCOc1ccccc1-c1ccc(C#N)cc1. The number of nitrogens with zero attached hydrogens (tertiary/aromatic N) is 1. The van der Waals surface area contributed by atoms with Crippen LogP contribution in [-0.2, 0) is 9.53 Å². The minimum Gasteiger partial charge on any atom is -0.489 e. The number of carbonyl (C=O) groups is 1. The van der Waals surface area contributed by atoms with Gasteiger partial charge in [-0.1, -0.05) is 36.9 Å². The Morgan fingerprint density at radius 2 is 1.86 bits per heavy atom. The lowest BCUT2D eigenvalue weighted by Crippen LogP contribution is -2.10. The number of rotatable bonds is 6. The van der Waals surface area contributed by atoms with Gasteiger partial charge >= 0.3 is 5.97 Å². The maximum Gasteiger partial charge on any atom is 0.330 e. The summed E-state index contributed by atoms with van der Waals surface area (Å²) < 4.78 is 10.5. The van der Waals surface area contributed by atoms with Crippen molar-refractivity contribution in [2.45, 2.75) is 0 Å². The van der Waals surface area contributed by atoms with Gasteiger partial charge in [-0.05, 0) is 23.8 Å². The van der Waals surface area contributed by atoms with Crippen LogP contribution < -0.4 is 4.74 Å². The highest BCUT2D eigenvalue weighted by atomic mass is 16.6. The molecular weight excluding hydrogens is 278 g/mol. The van der Waals surface area contributed by atoms with Crippen LogP contribution in [0.5, 0.6) is 5.75 Å². The maximum atomic E-state index is 10.9. The zero-order valence-electron chi connectivity index (χ0n) is 12.0. The molecule has 0 aliphatic carbocycles. The molecular formula is C18H15NO3. The van der Waals surface area contributed by atoms with Gasteiger partial charge in [0, 0.05) is 11.6 Å². The van der Waals surface area contributed by atoms with Gasteiger partial charge in [0.2, 0.25) is 0 Å². The van der Waals surface area contributed by atoms with E-state index >= 15 is 0 Å². The van der Waals surface area contributed by atoms with Crippen molar-refractivity contribution in [1.82, 2.24) is 0 Å². The van der Waals surface area contributed by atoms with Crippen LogP contribution in [0.15, 0.2) is 61.2 Å². The van der Waals surface area contributed by atoms with Crippen molar-refractivity contribution in [3.05, 3.63) is 66.7 Å². The number of hydrogen-bond acceptors (Lipinski definition) is 4. The maximum absolute atomic E-state index is 10.9. The van der Waals surface area contributed by atoms with Crippen molar-refractivity contribution < 1.29 is 14.3 Å². The van der Waals surface area contributed by atoms with Crippen molar-refractivity contribution in [3.63, 3.8) is 0 Å². The van der Waals surface area contributed by atoms with E-state index in [4.69, 9.17) is 14.7 Å². The Morgan fingerprint density at radius 1 is 1.14 bits per heavy atom. The molecule has 0 saturated heterocycles. The first-order valence-electron chi connectivity index (χ1n) is 6.76. The molecule has 0 aromatic heterocycles. The molecule has 22 heavy (non-hydrogen) atoms. The lowest BCUT2D eigenvalue weighted by molar-refractivity contribution is -0.138. The van der Waals surface area contributed by atoms with Gasteiger partial charge in [0.1, 0.15) is 19.0 Å². The third kappa shape index (κ3) is 3.97. The summed E-state index contributed by atoms with van der Waals surface area (Å²) in [4.78, 5) is 10.9. The van der Waals surface area contributed by atoms with E-state index in [1.54, 1.807) is 12.1 Å². The lowest BCUT2D eigenvalue weighted by Gasteiger charge is -2.11. The van der Waals surface area contributed by atoms with Crippen LogP contribution in [0.3, 0.4) is 0 Å². The summed E-state index contributed by atoms with van der Waals surface area (Å²) in [5.41, 5.74) is 2.48. The number of carbonyl (C=O) groups excluding carboxylic acids is 1. The number of ether oxygens (including phenoxy) is 2. The van der Waals surface area contributed by atoms with Gasteiger partial charge < -0.3 is 9.47 Å². The van der Waals surface area contributed by atoms with E-state index < -0.39 is 5.97 Å². The topological polar surface area (TPSA) is 59.3 Å². The molecule has 0 saturated carbocycles. The van der Waals surface area contributed by atoms with Crippen LogP contribution in [0.4, 0.5) is 0 Å². The normalized spacial score (nSPS) is 9.59. The first-order chi connectivity index (χ1) is 10.7. The number of benzene rings is 2. The standard InChI is InChI=1S/C18H15NO3/c1-2-18(20)22-12-11-21-17-6-4-3-5-16(17)15-9-7-14(13-19)8-10-15/h2-10H,1,11-12H2. The molecule has 0 aliphatic heterocycles. The van der Waals surface area contributed by atoms with Crippen LogP contribution in [0.1, 0.15) is 5.56 Å². The summed E-state index contributed by atoms with van der Waals surface area (Å²) in [7, 11) is 0. The summed E-state index contributed by atoms with van der Waals surface area (Å²) >= 11 is 0. The van der Waals surface area contributed by atoms with Crippen molar-refractivity contribution >= 4 is 5.97 Å². The minimum atomic E-state index is -0.469. The van der Waals surface area contributed by atoms with Crippen molar-refractivity contribution in [1.29, 1.82) is 5.26 Å². The van der Waals surface area contributed by atoms with E-state index in [1.807, 2.05) is 36.4 Å². The molecule has 0 amide bonds. The van der Waals surface area contributed by atoms with E-state index in [0.717, 1.165) is 17.2 Å². The summed E-state index contributed by atoms with van der Waals surface area (Å²) in [5.74, 6) is 0.228. The molecule has 0 spiro atoms. The fourth-order valence-electron chi connectivity index (χ4n) is 1.91. The van der Waals surface area contributed by atoms with E-state index in [2.05, 4.69) is 12.6 Å². The van der Waals surface area contributed by atoms with Gasteiger partial charge in [0.25, 0.3) is 0 Å². The molecule has 0 unspecified atom stereocenters. The summed E-state index contributed by atoms with van der Waals surface area (Å²) in [6.45, 7) is 3.74. The Hall–Kier alpha value is -3.06. The average Bonchev–Trinajstić information content (AvgIpc) is 2.59. The number of hydrogen-bond donors (Lipinski definition) is 0. The molecule has 0 radical (unpaired) electrons. The highest BCUT2D eigenvalue weighted by Gasteiger charge is 2.06. The predicted octanol–water partition coefficient (Wildman–Crippen LogP) is 3.33. The highest BCUT2D eigenvalue weighted by Crippen LogP contribution is 2.29. The third-order valence-electron chi connectivity index (χ3n) is 2.96. The summed E-state index contributed by atoms with van der Waals surface area (Å²) in [6.07, 6.45) is 1.12. The van der Waals surface area contributed by atoms with Crippen LogP contribution in [0, 0.1) is 11.3 Å². The summed E-state index contributed by atoms with van der Waals surface area (Å²) in [5, 5.41) is 8.84. The second kappa shape index (κ2) is 7.65. The first-order valence-corrected chi connectivity index (χ1v) is 6.76. The smallest absolute Gasteiger partial charge is 0.330 e. The molecule has 4 nitrogen and oxygen atoms in total. The lowest BCUT2D eigenvalue weighted by atomic mass is 10.0. The predicted molar refractivity (Wildman–Crippen MR) is 83.2 cm³/mol. The molecule has 2 aromatic rings. The van der Waals surface area contributed by atoms with Crippen LogP contribution in [0.2, 0.25) is 0 Å².